The first-order valence-corrected chi connectivity index (χ1v) is 7.14. The normalized spacial score (nSPS) is 14.8. The molecule has 0 bridgehead atoms. The van der Waals surface area contributed by atoms with Crippen molar-refractivity contribution in [2.24, 2.45) is 0 Å². The van der Waals surface area contributed by atoms with Gasteiger partial charge in [-0.25, -0.2) is 0 Å². The number of fused-ring (bicyclic) bond motifs is 2. The molecule has 0 radical (unpaired) electrons. The van der Waals surface area contributed by atoms with Crippen molar-refractivity contribution in [3.63, 3.8) is 0 Å². The van der Waals surface area contributed by atoms with Gasteiger partial charge in [0.2, 0.25) is 0 Å². The van der Waals surface area contributed by atoms with Gasteiger partial charge in [-0.1, -0.05) is 0 Å². The highest BCUT2D eigenvalue weighted by atomic mass is 32.1. The Morgan fingerprint density at radius 3 is 3.21 bits per heavy atom. The van der Waals surface area contributed by atoms with Crippen LogP contribution in [-0.4, -0.2) is 11.5 Å². The number of nitrogens with two attached hydrogens (primary N) is 1. The Labute approximate surface area is 114 Å². The van der Waals surface area contributed by atoms with Crippen LogP contribution in [0.15, 0.2) is 34.1 Å². The fraction of sp³-hybridized carbons (Fsp3) is 0.214. The number of anilines is 2. The summed E-state index contributed by atoms with van der Waals surface area (Å²) in [5, 5.41) is 2.15. The molecule has 4 nitrogen and oxygen atoms in total. The van der Waals surface area contributed by atoms with Crippen molar-refractivity contribution in [1.29, 1.82) is 0 Å². The maximum Gasteiger partial charge on any atom is 0.298 e. The van der Waals surface area contributed by atoms with Crippen LogP contribution >= 0.6 is 11.3 Å². The molecule has 0 fully saturated rings. The predicted molar refractivity (Wildman–Crippen MR) is 77.5 cm³/mol. The zero-order chi connectivity index (χ0) is 12.8. The largest absolute Gasteiger partial charge is 0.423 e. The number of rotatable bonds is 1. The first-order chi connectivity index (χ1) is 9.29. The number of hydrogen-bond donors (Lipinski definition) is 1. The van der Waals surface area contributed by atoms with E-state index in [0.29, 0.717) is 11.7 Å². The van der Waals surface area contributed by atoms with E-state index in [1.807, 2.05) is 29.5 Å². The Balaban J connectivity index is 1.71. The highest BCUT2D eigenvalue weighted by Gasteiger charge is 2.21. The number of oxazole rings is 1. The lowest BCUT2D eigenvalue weighted by Gasteiger charge is -2.25. The van der Waals surface area contributed by atoms with Crippen LogP contribution in [-0.2, 0) is 13.0 Å². The van der Waals surface area contributed by atoms with Crippen LogP contribution in [0, 0.1) is 0 Å². The molecule has 0 saturated heterocycles. The molecule has 4 rings (SSSR count). The molecule has 1 aromatic carbocycles. The summed E-state index contributed by atoms with van der Waals surface area (Å²) in [6.07, 6.45) is 1.06. The number of nitrogens with zero attached hydrogens (tertiary/aromatic N) is 2. The van der Waals surface area contributed by atoms with Crippen LogP contribution in [0.1, 0.15) is 10.4 Å². The van der Waals surface area contributed by atoms with Crippen LogP contribution in [0.25, 0.3) is 11.1 Å². The van der Waals surface area contributed by atoms with Gasteiger partial charge in [0.1, 0.15) is 5.52 Å². The highest BCUT2D eigenvalue weighted by Crippen LogP contribution is 2.29. The molecular formula is C14H13N3OS. The second kappa shape index (κ2) is 3.99. The Bertz CT molecular complexity index is 746. The van der Waals surface area contributed by atoms with Gasteiger partial charge in [0.15, 0.2) is 5.58 Å². The van der Waals surface area contributed by atoms with E-state index in [-0.39, 0.29) is 0 Å². The van der Waals surface area contributed by atoms with Crippen LogP contribution in [0.5, 0.6) is 0 Å². The minimum atomic E-state index is 0.692. The van der Waals surface area contributed by atoms with Crippen molar-refractivity contribution >= 4 is 34.1 Å². The number of aromatic nitrogens is 1. The predicted octanol–water partition coefficient (Wildman–Crippen LogP) is 3.03. The zero-order valence-electron chi connectivity index (χ0n) is 10.3. The molecule has 2 aromatic heterocycles. The Kier molecular flexibility index (Phi) is 2.29. The molecule has 0 unspecified atom stereocenters. The molecule has 0 amide bonds. The lowest BCUT2D eigenvalue weighted by atomic mass is 10.1. The molecule has 96 valence electrons. The van der Waals surface area contributed by atoms with Gasteiger partial charge in [-0.05, 0) is 41.6 Å². The Morgan fingerprint density at radius 2 is 2.26 bits per heavy atom. The van der Waals surface area contributed by atoms with Gasteiger partial charge >= 0.3 is 0 Å². The van der Waals surface area contributed by atoms with Crippen molar-refractivity contribution in [3.8, 4) is 0 Å². The molecule has 0 aliphatic carbocycles. The fourth-order valence-electron chi connectivity index (χ4n) is 2.48. The molecule has 0 spiro atoms. The molecule has 3 aromatic rings. The minimum Gasteiger partial charge on any atom is -0.423 e. The number of hydrogen-bond acceptors (Lipinski definition) is 5. The van der Waals surface area contributed by atoms with Gasteiger partial charge in [-0.15, -0.1) is 11.3 Å². The van der Waals surface area contributed by atoms with E-state index in [4.69, 9.17) is 10.2 Å². The van der Waals surface area contributed by atoms with E-state index in [9.17, 15) is 0 Å². The lowest BCUT2D eigenvalue weighted by Crippen LogP contribution is -2.29. The first kappa shape index (κ1) is 10.9. The molecule has 0 atom stereocenters. The van der Waals surface area contributed by atoms with Crippen molar-refractivity contribution in [1.82, 2.24) is 4.98 Å². The monoisotopic (exact) mass is 271 g/mol. The standard InChI is InChI=1S/C14H13N3OS/c15-10-1-2-12-11(7-10)16-14(18-12)17-5-3-13-9(8-17)4-6-19-13/h1-2,4,6-7H,3,5,8,15H2. The first-order valence-electron chi connectivity index (χ1n) is 6.26. The lowest BCUT2D eigenvalue weighted by molar-refractivity contribution is 0.556. The summed E-state index contributed by atoms with van der Waals surface area (Å²) in [6.45, 7) is 1.83. The molecule has 0 saturated carbocycles. The maximum atomic E-state index is 5.82. The molecule has 5 heteroatoms. The highest BCUT2D eigenvalue weighted by molar-refractivity contribution is 7.10. The minimum absolute atomic E-state index is 0.692. The van der Waals surface area contributed by atoms with Gasteiger partial charge < -0.3 is 15.1 Å². The summed E-state index contributed by atoms with van der Waals surface area (Å²) in [6, 6.07) is 8.44. The van der Waals surface area contributed by atoms with E-state index in [1.54, 1.807) is 0 Å². The zero-order valence-corrected chi connectivity index (χ0v) is 11.1. The third kappa shape index (κ3) is 1.77. The van der Waals surface area contributed by atoms with Gasteiger partial charge in [-0.3, -0.25) is 0 Å². The number of nitrogen functional groups attached to an aromatic ring is 1. The molecule has 2 N–H and O–H groups in total. The van der Waals surface area contributed by atoms with Crippen molar-refractivity contribution in [2.75, 3.05) is 17.2 Å². The average molecular weight is 271 g/mol. The van der Waals surface area contributed by atoms with Crippen molar-refractivity contribution in [3.05, 3.63) is 40.1 Å². The average Bonchev–Trinajstić information content (AvgIpc) is 3.02. The van der Waals surface area contributed by atoms with E-state index in [1.165, 1.54) is 10.4 Å². The van der Waals surface area contributed by atoms with E-state index < -0.39 is 0 Å². The van der Waals surface area contributed by atoms with Crippen LogP contribution in [0.4, 0.5) is 11.7 Å². The van der Waals surface area contributed by atoms with Crippen molar-refractivity contribution in [2.45, 2.75) is 13.0 Å². The molecule has 3 heterocycles. The topological polar surface area (TPSA) is 55.3 Å². The summed E-state index contributed by atoms with van der Waals surface area (Å²) in [5.74, 6) is 0. The molecular weight excluding hydrogens is 258 g/mol. The SMILES string of the molecule is Nc1ccc2oc(N3CCc4sccc4C3)nc2c1. The molecule has 1 aliphatic rings. The Hall–Kier alpha value is -2.01. The summed E-state index contributed by atoms with van der Waals surface area (Å²) < 4.78 is 5.82. The quantitative estimate of drug-likeness (QED) is 0.691. The van der Waals surface area contributed by atoms with Gasteiger partial charge in [-0.2, -0.15) is 4.98 Å². The molecule has 1 aliphatic heterocycles. The smallest absolute Gasteiger partial charge is 0.298 e. The Morgan fingerprint density at radius 1 is 1.32 bits per heavy atom. The summed E-state index contributed by atoms with van der Waals surface area (Å²) in [4.78, 5) is 8.21. The van der Waals surface area contributed by atoms with E-state index in [0.717, 1.165) is 30.6 Å². The van der Waals surface area contributed by atoms with Gasteiger partial charge in [0, 0.05) is 23.7 Å². The summed E-state index contributed by atoms with van der Waals surface area (Å²) in [5.41, 5.74) is 9.49. The number of benzene rings is 1. The van der Waals surface area contributed by atoms with Crippen LogP contribution in [0.3, 0.4) is 0 Å². The fourth-order valence-corrected chi connectivity index (χ4v) is 3.37. The second-order valence-corrected chi connectivity index (χ2v) is 5.76. The summed E-state index contributed by atoms with van der Waals surface area (Å²) in [7, 11) is 0. The van der Waals surface area contributed by atoms with Gasteiger partial charge in [0.25, 0.3) is 6.01 Å². The van der Waals surface area contributed by atoms with Gasteiger partial charge in [0.05, 0.1) is 0 Å². The second-order valence-electron chi connectivity index (χ2n) is 4.76. The molecule has 19 heavy (non-hydrogen) atoms. The van der Waals surface area contributed by atoms with E-state index >= 15 is 0 Å². The maximum absolute atomic E-state index is 5.82. The summed E-state index contributed by atoms with van der Waals surface area (Å²) >= 11 is 1.84. The third-order valence-electron chi connectivity index (χ3n) is 3.48. The van der Waals surface area contributed by atoms with E-state index in [2.05, 4.69) is 21.3 Å². The van der Waals surface area contributed by atoms with Crippen LogP contribution in [0.2, 0.25) is 0 Å². The third-order valence-corrected chi connectivity index (χ3v) is 4.50. The van der Waals surface area contributed by atoms with Crippen molar-refractivity contribution < 1.29 is 4.42 Å². The van der Waals surface area contributed by atoms with Crippen LogP contribution < -0.4 is 10.6 Å². The number of thiophene rings is 1.